The quantitative estimate of drug-likeness (QED) is 0.685. The summed E-state index contributed by atoms with van der Waals surface area (Å²) in [4.78, 5) is 26.9. The number of H-pyrrole nitrogens is 1. The van der Waals surface area contributed by atoms with Crippen LogP contribution in [0, 0.1) is 6.92 Å². The van der Waals surface area contributed by atoms with E-state index in [1.165, 1.54) is 4.40 Å². The van der Waals surface area contributed by atoms with Gasteiger partial charge in [-0.1, -0.05) is 0 Å². The molecule has 0 bridgehead atoms. The van der Waals surface area contributed by atoms with E-state index in [0.29, 0.717) is 36.8 Å². The summed E-state index contributed by atoms with van der Waals surface area (Å²) in [6.07, 6.45) is 0.368. The number of hydrogen-bond acceptors (Lipinski definition) is 5. The number of hydrogen-bond donors (Lipinski definition) is 3. The van der Waals surface area contributed by atoms with E-state index >= 15 is 0 Å². The van der Waals surface area contributed by atoms with Crippen LogP contribution in [0.5, 0.6) is 0 Å². The lowest BCUT2D eigenvalue weighted by Crippen LogP contribution is -2.25. The van der Waals surface area contributed by atoms with Crippen LogP contribution in [0.25, 0.3) is 5.65 Å². The summed E-state index contributed by atoms with van der Waals surface area (Å²) in [5.74, 6) is 1.12. The first-order chi connectivity index (χ1) is 9.11. The van der Waals surface area contributed by atoms with Crippen LogP contribution in [0.15, 0.2) is 10.9 Å². The minimum Gasteiger partial charge on any atom is -0.369 e. The lowest BCUT2D eigenvalue weighted by atomic mass is 10.4. The molecule has 0 spiro atoms. The summed E-state index contributed by atoms with van der Waals surface area (Å²) in [5.41, 5.74) is 0.187. The number of amides is 1. The third-order valence-electron chi connectivity index (χ3n) is 2.60. The SMILES string of the molecule is CCNC(=O)CCNc1cc2n[nH]c(=O)n2c(C)n1. The van der Waals surface area contributed by atoms with E-state index < -0.39 is 0 Å². The third kappa shape index (κ3) is 2.90. The smallest absolute Gasteiger partial charge is 0.349 e. The molecule has 0 radical (unpaired) electrons. The van der Waals surface area contributed by atoms with Crippen LogP contribution < -0.4 is 16.3 Å². The van der Waals surface area contributed by atoms with Gasteiger partial charge >= 0.3 is 5.69 Å². The Morgan fingerprint density at radius 3 is 3.05 bits per heavy atom. The summed E-state index contributed by atoms with van der Waals surface area (Å²) in [5, 5.41) is 12.0. The molecule has 0 atom stereocenters. The van der Waals surface area contributed by atoms with Crippen LogP contribution in [-0.2, 0) is 4.79 Å². The Kier molecular flexibility index (Phi) is 3.79. The highest BCUT2D eigenvalue weighted by Gasteiger charge is 2.07. The molecule has 8 nitrogen and oxygen atoms in total. The Labute approximate surface area is 109 Å². The molecule has 0 fully saturated rings. The van der Waals surface area contributed by atoms with Gasteiger partial charge < -0.3 is 10.6 Å². The van der Waals surface area contributed by atoms with Gasteiger partial charge in [0.15, 0.2) is 5.65 Å². The molecule has 0 aliphatic rings. The number of carbonyl (C=O) groups excluding carboxylic acids is 1. The van der Waals surface area contributed by atoms with E-state index in [9.17, 15) is 9.59 Å². The fourth-order valence-corrected chi connectivity index (χ4v) is 1.78. The molecule has 0 aromatic carbocycles. The van der Waals surface area contributed by atoms with Crippen molar-refractivity contribution in [3.8, 4) is 0 Å². The van der Waals surface area contributed by atoms with E-state index in [-0.39, 0.29) is 11.6 Å². The van der Waals surface area contributed by atoms with Gasteiger partial charge in [0.2, 0.25) is 5.91 Å². The predicted molar refractivity (Wildman–Crippen MR) is 70.1 cm³/mol. The van der Waals surface area contributed by atoms with Gasteiger partial charge in [0.25, 0.3) is 0 Å². The van der Waals surface area contributed by atoms with Gasteiger partial charge in [0.1, 0.15) is 11.6 Å². The number of nitrogens with zero attached hydrogens (tertiary/aromatic N) is 3. The van der Waals surface area contributed by atoms with Crippen LogP contribution >= 0.6 is 0 Å². The molecule has 0 saturated heterocycles. The molecule has 19 heavy (non-hydrogen) atoms. The second-order valence-corrected chi connectivity index (χ2v) is 4.04. The van der Waals surface area contributed by atoms with Crippen molar-refractivity contribution in [2.45, 2.75) is 20.3 Å². The first kappa shape index (κ1) is 13.1. The van der Waals surface area contributed by atoms with E-state index in [2.05, 4.69) is 25.8 Å². The lowest BCUT2D eigenvalue weighted by Gasteiger charge is -2.07. The van der Waals surface area contributed by atoms with Gasteiger partial charge in [-0.15, -0.1) is 0 Å². The summed E-state index contributed by atoms with van der Waals surface area (Å²) in [6, 6.07) is 1.66. The van der Waals surface area contributed by atoms with Crippen molar-refractivity contribution in [1.29, 1.82) is 0 Å². The minimum atomic E-state index is -0.311. The van der Waals surface area contributed by atoms with Crippen LogP contribution in [0.3, 0.4) is 0 Å². The van der Waals surface area contributed by atoms with Crippen molar-refractivity contribution in [3.05, 3.63) is 22.4 Å². The lowest BCUT2D eigenvalue weighted by molar-refractivity contribution is -0.120. The standard InChI is InChI=1S/C11H16N6O2/c1-3-12-10(18)4-5-13-8-6-9-15-16-11(19)17(9)7(2)14-8/h6,13H,3-5H2,1-2H3,(H,12,18)(H,16,19). The number of fused-ring (bicyclic) bond motifs is 1. The Morgan fingerprint density at radius 1 is 1.53 bits per heavy atom. The summed E-state index contributed by atoms with van der Waals surface area (Å²) >= 11 is 0. The largest absolute Gasteiger partial charge is 0.369 e. The number of anilines is 1. The number of nitrogens with one attached hydrogen (secondary N) is 3. The number of aryl methyl sites for hydroxylation is 1. The Balaban J connectivity index is 2.05. The Hall–Kier alpha value is -2.38. The topological polar surface area (TPSA) is 104 Å². The molecule has 2 rings (SSSR count). The maximum Gasteiger partial charge on any atom is 0.349 e. The van der Waals surface area contributed by atoms with Gasteiger partial charge in [0.05, 0.1) is 0 Å². The molecule has 1 amide bonds. The normalized spacial score (nSPS) is 10.6. The zero-order chi connectivity index (χ0) is 13.8. The first-order valence-electron chi connectivity index (χ1n) is 6.07. The average molecular weight is 264 g/mol. The van der Waals surface area contributed by atoms with E-state index in [4.69, 9.17) is 0 Å². The number of aromatic amines is 1. The van der Waals surface area contributed by atoms with Crippen LogP contribution in [0.2, 0.25) is 0 Å². The molecule has 2 heterocycles. The molecule has 0 aliphatic heterocycles. The van der Waals surface area contributed by atoms with Crippen LogP contribution in [0.1, 0.15) is 19.2 Å². The molecule has 102 valence electrons. The number of rotatable bonds is 5. The highest BCUT2D eigenvalue weighted by molar-refractivity contribution is 5.76. The molecule has 2 aromatic heterocycles. The fourth-order valence-electron chi connectivity index (χ4n) is 1.78. The van der Waals surface area contributed by atoms with Crippen LogP contribution in [0.4, 0.5) is 5.82 Å². The molecule has 0 saturated carbocycles. The molecule has 0 unspecified atom stereocenters. The number of carbonyl (C=O) groups is 1. The van der Waals surface area contributed by atoms with E-state index in [0.717, 1.165) is 0 Å². The maximum atomic E-state index is 11.4. The first-order valence-corrected chi connectivity index (χ1v) is 6.07. The number of aromatic nitrogens is 4. The minimum absolute atomic E-state index is 0.0104. The van der Waals surface area contributed by atoms with Crippen LogP contribution in [-0.4, -0.2) is 38.6 Å². The Bertz CT molecular complexity index is 644. The molecule has 0 aliphatic carbocycles. The Morgan fingerprint density at radius 2 is 2.32 bits per heavy atom. The van der Waals surface area contributed by atoms with Crippen molar-refractivity contribution in [3.63, 3.8) is 0 Å². The van der Waals surface area contributed by atoms with Crippen molar-refractivity contribution >= 4 is 17.4 Å². The second kappa shape index (κ2) is 5.51. The summed E-state index contributed by atoms with van der Waals surface area (Å²) < 4.78 is 1.38. The second-order valence-electron chi connectivity index (χ2n) is 4.04. The van der Waals surface area contributed by atoms with Crippen molar-refractivity contribution in [2.75, 3.05) is 18.4 Å². The molecule has 2 aromatic rings. The summed E-state index contributed by atoms with van der Waals surface area (Å²) in [6.45, 7) is 4.69. The van der Waals surface area contributed by atoms with Gasteiger partial charge in [-0.05, 0) is 13.8 Å². The van der Waals surface area contributed by atoms with Crippen molar-refractivity contribution < 1.29 is 4.79 Å². The molecule has 8 heteroatoms. The highest BCUT2D eigenvalue weighted by atomic mass is 16.2. The summed E-state index contributed by atoms with van der Waals surface area (Å²) in [7, 11) is 0. The van der Waals surface area contributed by atoms with Gasteiger partial charge in [-0.2, -0.15) is 5.10 Å². The van der Waals surface area contributed by atoms with E-state index in [1.54, 1.807) is 13.0 Å². The predicted octanol–water partition coefficient (Wildman–Crippen LogP) is -0.336. The third-order valence-corrected chi connectivity index (χ3v) is 2.60. The monoisotopic (exact) mass is 264 g/mol. The zero-order valence-electron chi connectivity index (χ0n) is 10.9. The van der Waals surface area contributed by atoms with Gasteiger partial charge in [-0.3, -0.25) is 4.79 Å². The molecular weight excluding hydrogens is 248 g/mol. The molecular formula is C11H16N6O2. The highest BCUT2D eigenvalue weighted by Crippen LogP contribution is 2.07. The zero-order valence-corrected chi connectivity index (χ0v) is 10.9. The van der Waals surface area contributed by atoms with E-state index in [1.807, 2.05) is 6.92 Å². The van der Waals surface area contributed by atoms with Crippen molar-refractivity contribution in [2.24, 2.45) is 0 Å². The molecule has 3 N–H and O–H groups in total. The average Bonchev–Trinajstić information content (AvgIpc) is 2.72. The van der Waals surface area contributed by atoms with Crippen molar-refractivity contribution in [1.82, 2.24) is 24.9 Å². The van der Waals surface area contributed by atoms with Gasteiger partial charge in [0, 0.05) is 25.6 Å². The fraction of sp³-hybridized carbons (Fsp3) is 0.455. The van der Waals surface area contributed by atoms with Gasteiger partial charge in [-0.25, -0.2) is 19.3 Å². The maximum absolute atomic E-state index is 11.4.